The maximum absolute atomic E-state index is 12.7. The maximum atomic E-state index is 12.7. The average molecular weight is 302 g/mol. The first-order valence-corrected chi connectivity index (χ1v) is 7.87. The monoisotopic (exact) mass is 302 g/mol. The van der Waals surface area contributed by atoms with Crippen molar-refractivity contribution in [2.24, 2.45) is 0 Å². The fourth-order valence-electron chi connectivity index (χ4n) is 3.25. The van der Waals surface area contributed by atoms with E-state index < -0.39 is 0 Å². The summed E-state index contributed by atoms with van der Waals surface area (Å²) in [5, 5.41) is 0. The quantitative estimate of drug-likeness (QED) is 0.869. The fraction of sp³-hybridized carbons (Fsp3) is 0.529. The van der Waals surface area contributed by atoms with Gasteiger partial charge in [-0.1, -0.05) is 0 Å². The molecule has 0 unspecified atom stereocenters. The summed E-state index contributed by atoms with van der Waals surface area (Å²) in [4.78, 5) is 19.1. The number of carbonyl (C=O) groups excluding carboxylic acids is 1. The van der Waals surface area contributed by atoms with E-state index in [1.807, 2.05) is 11.8 Å². The first kappa shape index (κ1) is 14.9. The second-order valence-corrected chi connectivity index (χ2v) is 6.11. The number of aromatic nitrogens is 1. The predicted octanol–water partition coefficient (Wildman–Crippen LogP) is 3.58. The van der Waals surface area contributed by atoms with Crippen molar-refractivity contribution in [1.29, 1.82) is 0 Å². The van der Waals surface area contributed by atoms with Crippen molar-refractivity contribution in [2.75, 3.05) is 0 Å². The summed E-state index contributed by atoms with van der Waals surface area (Å²) in [7, 11) is 0. The van der Waals surface area contributed by atoms with Crippen LogP contribution in [0.25, 0.3) is 11.7 Å². The number of carbonyl (C=O) groups is 1. The molecule has 0 saturated carbocycles. The topological polar surface area (TPSA) is 59.5 Å². The summed E-state index contributed by atoms with van der Waals surface area (Å²) in [5.74, 6) is 1.82. The first-order chi connectivity index (χ1) is 10.6. The molecule has 0 N–H and O–H groups in total. The van der Waals surface area contributed by atoms with Gasteiger partial charge < -0.3 is 13.7 Å². The first-order valence-electron chi connectivity index (χ1n) is 7.87. The molecule has 3 heterocycles. The van der Waals surface area contributed by atoms with Crippen molar-refractivity contribution in [3.05, 3.63) is 29.9 Å². The lowest BCUT2D eigenvalue weighted by atomic mass is 9.97. The Morgan fingerprint density at radius 3 is 2.73 bits per heavy atom. The third-order valence-electron chi connectivity index (χ3n) is 4.42. The average Bonchev–Trinajstić information content (AvgIpc) is 3.09. The highest BCUT2D eigenvalue weighted by atomic mass is 16.4. The lowest BCUT2D eigenvalue weighted by Gasteiger charge is -2.39. The lowest BCUT2D eigenvalue weighted by molar-refractivity contribution is -0.136. The van der Waals surface area contributed by atoms with Crippen LogP contribution < -0.4 is 0 Å². The number of hydrogen-bond acceptors (Lipinski definition) is 4. The van der Waals surface area contributed by atoms with E-state index in [9.17, 15) is 4.79 Å². The van der Waals surface area contributed by atoms with E-state index in [1.54, 1.807) is 18.4 Å². The predicted molar refractivity (Wildman–Crippen MR) is 82.3 cm³/mol. The molecule has 1 fully saturated rings. The van der Waals surface area contributed by atoms with E-state index in [2.05, 4.69) is 18.8 Å². The molecule has 3 rings (SSSR count). The molecule has 2 aromatic rings. The van der Waals surface area contributed by atoms with E-state index in [0.29, 0.717) is 35.2 Å². The molecule has 0 spiro atoms. The molecule has 0 radical (unpaired) electrons. The van der Waals surface area contributed by atoms with Crippen LogP contribution in [0.4, 0.5) is 0 Å². The van der Waals surface area contributed by atoms with Gasteiger partial charge in [-0.3, -0.25) is 4.79 Å². The van der Waals surface area contributed by atoms with Gasteiger partial charge in [0.25, 0.3) is 5.89 Å². The summed E-state index contributed by atoms with van der Waals surface area (Å²) < 4.78 is 10.9. The molecule has 0 aromatic carbocycles. The van der Waals surface area contributed by atoms with E-state index >= 15 is 0 Å². The van der Waals surface area contributed by atoms with Crippen LogP contribution in [0, 0.1) is 6.92 Å². The van der Waals surface area contributed by atoms with Crippen LogP contribution in [0.3, 0.4) is 0 Å². The van der Waals surface area contributed by atoms with Crippen molar-refractivity contribution >= 4 is 5.91 Å². The zero-order valence-corrected chi connectivity index (χ0v) is 13.3. The van der Waals surface area contributed by atoms with Gasteiger partial charge in [0.05, 0.1) is 18.4 Å². The highest BCUT2D eigenvalue weighted by Crippen LogP contribution is 2.26. The minimum Gasteiger partial charge on any atom is -0.459 e. The molecule has 0 aliphatic carbocycles. The Bertz CT molecular complexity index is 635. The molecule has 1 saturated heterocycles. The lowest BCUT2D eigenvalue weighted by Crippen LogP contribution is -2.48. The summed E-state index contributed by atoms with van der Waals surface area (Å²) >= 11 is 0. The van der Waals surface area contributed by atoms with Gasteiger partial charge >= 0.3 is 0 Å². The molecule has 0 bridgehead atoms. The van der Waals surface area contributed by atoms with E-state index in [4.69, 9.17) is 8.83 Å². The van der Waals surface area contributed by atoms with E-state index in [0.717, 1.165) is 12.8 Å². The van der Waals surface area contributed by atoms with Gasteiger partial charge in [0.15, 0.2) is 5.76 Å². The number of oxazole rings is 1. The van der Waals surface area contributed by atoms with Crippen molar-refractivity contribution in [3.8, 4) is 11.7 Å². The number of rotatable bonds is 3. The van der Waals surface area contributed by atoms with Gasteiger partial charge in [-0.05, 0) is 52.2 Å². The van der Waals surface area contributed by atoms with Gasteiger partial charge in [0.1, 0.15) is 5.76 Å². The Labute approximate surface area is 130 Å². The second-order valence-electron chi connectivity index (χ2n) is 6.11. The smallest absolute Gasteiger partial charge is 0.263 e. The van der Waals surface area contributed by atoms with Crippen molar-refractivity contribution < 1.29 is 13.6 Å². The van der Waals surface area contributed by atoms with Gasteiger partial charge in [-0.2, -0.15) is 0 Å². The Hall–Kier alpha value is -2.04. The third kappa shape index (κ3) is 2.80. The Morgan fingerprint density at radius 2 is 2.09 bits per heavy atom. The molecule has 2 aromatic heterocycles. The van der Waals surface area contributed by atoms with Crippen molar-refractivity contribution in [3.63, 3.8) is 0 Å². The number of amides is 1. The number of piperidine rings is 1. The molecule has 118 valence electrons. The normalized spacial score (nSPS) is 22.0. The number of likely N-dealkylation sites (tertiary alicyclic amines) is 1. The SMILES string of the molecule is Cc1oc(-c2ccco2)nc1CC(=O)N1[C@H](C)CCC[C@@H]1C. The molecule has 5 nitrogen and oxygen atoms in total. The van der Waals surface area contributed by atoms with Crippen molar-refractivity contribution in [2.45, 2.75) is 58.5 Å². The van der Waals surface area contributed by atoms with Crippen LogP contribution in [0.5, 0.6) is 0 Å². The van der Waals surface area contributed by atoms with Crippen LogP contribution in [0.2, 0.25) is 0 Å². The Kier molecular flexibility index (Phi) is 4.05. The molecular formula is C17H22N2O3. The third-order valence-corrected chi connectivity index (χ3v) is 4.42. The number of aryl methyl sites for hydroxylation is 1. The number of nitrogens with zero attached hydrogens (tertiary/aromatic N) is 2. The van der Waals surface area contributed by atoms with Crippen LogP contribution in [-0.4, -0.2) is 27.9 Å². The maximum Gasteiger partial charge on any atom is 0.263 e. The fourth-order valence-corrected chi connectivity index (χ4v) is 3.25. The minimum atomic E-state index is 0.127. The van der Waals surface area contributed by atoms with E-state index in [-0.39, 0.29) is 12.3 Å². The molecule has 1 aliphatic heterocycles. The largest absolute Gasteiger partial charge is 0.459 e. The Morgan fingerprint density at radius 1 is 1.36 bits per heavy atom. The van der Waals surface area contributed by atoms with Gasteiger partial charge in [0, 0.05) is 12.1 Å². The highest BCUT2D eigenvalue weighted by Gasteiger charge is 2.30. The van der Waals surface area contributed by atoms with Gasteiger partial charge in [-0.25, -0.2) is 4.98 Å². The molecule has 5 heteroatoms. The van der Waals surface area contributed by atoms with Gasteiger partial charge in [-0.15, -0.1) is 0 Å². The Balaban J connectivity index is 1.76. The van der Waals surface area contributed by atoms with Crippen LogP contribution in [0.1, 0.15) is 44.6 Å². The number of furan rings is 1. The summed E-state index contributed by atoms with van der Waals surface area (Å²) in [6, 6.07) is 4.18. The standard InChI is InChI=1S/C17H22N2O3/c1-11-6-4-7-12(2)19(11)16(20)10-14-13(3)22-17(18-14)15-8-5-9-21-15/h5,8-9,11-12H,4,6-7,10H2,1-3H3/t11-,12+. The molecular weight excluding hydrogens is 280 g/mol. The molecule has 2 atom stereocenters. The molecule has 1 aliphatic rings. The van der Waals surface area contributed by atoms with Crippen LogP contribution >= 0.6 is 0 Å². The van der Waals surface area contributed by atoms with E-state index in [1.165, 1.54) is 6.42 Å². The molecule has 22 heavy (non-hydrogen) atoms. The summed E-state index contributed by atoms with van der Waals surface area (Å²) in [6.07, 6.45) is 5.20. The second kappa shape index (κ2) is 5.99. The van der Waals surface area contributed by atoms with Crippen LogP contribution in [-0.2, 0) is 11.2 Å². The minimum absolute atomic E-state index is 0.127. The summed E-state index contributed by atoms with van der Waals surface area (Å²) in [6.45, 7) is 6.08. The zero-order valence-electron chi connectivity index (χ0n) is 13.3. The van der Waals surface area contributed by atoms with Crippen LogP contribution in [0.15, 0.2) is 27.2 Å². The highest BCUT2D eigenvalue weighted by molar-refractivity contribution is 5.79. The zero-order chi connectivity index (χ0) is 15.7. The number of hydrogen-bond donors (Lipinski definition) is 0. The van der Waals surface area contributed by atoms with Gasteiger partial charge in [0.2, 0.25) is 5.91 Å². The van der Waals surface area contributed by atoms with Crippen molar-refractivity contribution in [1.82, 2.24) is 9.88 Å². The summed E-state index contributed by atoms with van der Waals surface area (Å²) in [5.41, 5.74) is 0.696. The molecule has 1 amide bonds.